The summed E-state index contributed by atoms with van der Waals surface area (Å²) in [6.45, 7) is 13.2. The normalized spacial score (nSPS) is 12.6. The van der Waals surface area contributed by atoms with Crippen molar-refractivity contribution in [2.75, 3.05) is 0 Å². The lowest BCUT2D eigenvalue weighted by Crippen LogP contribution is -2.28. The van der Waals surface area contributed by atoms with Crippen LogP contribution in [-0.2, 0) is 5.41 Å². The Morgan fingerprint density at radius 1 is 0.944 bits per heavy atom. The molecule has 1 nitrogen and oxygen atoms in total. The molecule has 1 aromatic rings. The van der Waals surface area contributed by atoms with Crippen LogP contribution in [0.3, 0.4) is 0 Å². The molecule has 0 saturated heterocycles. The van der Waals surface area contributed by atoms with E-state index in [0.29, 0.717) is 0 Å². The Hall–Kier alpha value is -0.980. The Balaban J connectivity index is 2.69. The third-order valence-electron chi connectivity index (χ3n) is 3.25. The quantitative estimate of drug-likeness (QED) is 0.684. The maximum Gasteiger partial charge on any atom is 0.120 e. The van der Waals surface area contributed by atoms with Crippen LogP contribution in [0.15, 0.2) is 24.3 Å². The van der Waals surface area contributed by atoms with Gasteiger partial charge in [0.1, 0.15) is 11.4 Å². The molecule has 0 saturated carbocycles. The molecule has 0 aromatic heterocycles. The summed E-state index contributed by atoms with van der Waals surface area (Å²) >= 11 is 0. The zero-order valence-electron chi connectivity index (χ0n) is 12.8. The Morgan fingerprint density at radius 2 is 1.50 bits per heavy atom. The summed E-state index contributed by atoms with van der Waals surface area (Å²) < 4.78 is 6.07. The summed E-state index contributed by atoms with van der Waals surface area (Å²) in [6.07, 6.45) is 3.54. The standard InChI is InChI=1S/C17H28O/c1-7-8-13-17(5,6)18-15-11-9-14(10-12-15)16(2,3)4/h9-12H,7-8,13H2,1-6H3. The van der Waals surface area contributed by atoms with E-state index in [9.17, 15) is 0 Å². The first-order valence-corrected chi connectivity index (χ1v) is 7.04. The van der Waals surface area contributed by atoms with Gasteiger partial charge in [-0.25, -0.2) is 0 Å². The summed E-state index contributed by atoms with van der Waals surface area (Å²) in [5.74, 6) is 0.976. The summed E-state index contributed by atoms with van der Waals surface area (Å²) in [7, 11) is 0. The predicted octanol–water partition coefficient (Wildman–Crippen LogP) is 5.33. The van der Waals surface area contributed by atoms with Crippen LogP contribution >= 0.6 is 0 Å². The number of hydrogen-bond donors (Lipinski definition) is 0. The van der Waals surface area contributed by atoms with Crippen molar-refractivity contribution in [3.05, 3.63) is 29.8 Å². The van der Waals surface area contributed by atoms with Crippen LogP contribution in [0.1, 0.15) is 66.4 Å². The van der Waals surface area contributed by atoms with E-state index < -0.39 is 0 Å². The first-order valence-electron chi connectivity index (χ1n) is 7.04. The van der Waals surface area contributed by atoms with E-state index >= 15 is 0 Å². The number of hydrogen-bond acceptors (Lipinski definition) is 1. The van der Waals surface area contributed by atoms with Gasteiger partial charge in [-0.15, -0.1) is 0 Å². The highest BCUT2D eigenvalue weighted by Crippen LogP contribution is 2.27. The minimum Gasteiger partial charge on any atom is -0.488 e. The molecule has 1 heteroatoms. The summed E-state index contributed by atoms with van der Waals surface area (Å²) in [6, 6.07) is 8.53. The fourth-order valence-corrected chi connectivity index (χ4v) is 2.00. The second-order valence-corrected chi connectivity index (χ2v) is 6.74. The molecule has 0 aliphatic carbocycles. The van der Waals surface area contributed by atoms with Crippen LogP contribution < -0.4 is 4.74 Å². The first-order chi connectivity index (χ1) is 8.24. The molecule has 0 atom stereocenters. The second-order valence-electron chi connectivity index (χ2n) is 6.74. The number of ether oxygens (including phenoxy) is 1. The van der Waals surface area contributed by atoms with Gasteiger partial charge in [-0.05, 0) is 49.8 Å². The van der Waals surface area contributed by atoms with Crippen molar-refractivity contribution >= 4 is 0 Å². The van der Waals surface area contributed by atoms with Gasteiger partial charge in [-0.3, -0.25) is 0 Å². The molecule has 0 aliphatic heterocycles. The van der Waals surface area contributed by atoms with Crippen LogP contribution in [0.5, 0.6) is 5.75 Å². The Morgan fingerprint density at radius 3 is 1.94 bits per heavy atom. The smallest absolute Gasteiger partial charge is 0.120 e. The van der Waals surface area contributed by atoms with E-state index in [-0.39, 0.29) is 11.0 Å². The molecule has 0 heterocycles. The molecular formula is C17H28O. The highest BCUT2D eigenvalue weighted by molar-refractivity contribution is 5.31. The van der Waals surface area contributed by atoms with E-state index in [2.05, 4.69) is 65.8 Å². The maximum atomic E-state index is 6.07. The molecule has 0 spiro atoms. The zero-order chi connectivity index (χ0) is 13.8. The SMILES string of the molecule is CCCCC(C)(C)Oc1ccc(C(C)(C)C)cc1. The highest BCUT2D eigenvalue weighted by Gasteiger charge is 2.19. The van der Waals surface area contributed by atoms with Crippen molar-refractivity contribution in [1.82, 2.24) is 0 Å². The van der Waals surface area contributed by atoms with Gasteiger partial charge in [-0.2, -0.15) is 0 Å². The molecular weight excluding hydrogens is 220 g/mol. The molecule has 1 aromatic carbocycles. The average Bonchev–Trinajstić information content (AvgIpc) is 2.25. The average molecular weight is 248 g/mol. The maximum absolute atomic E-state index is 6.07. The fourth-order valence-electron chi connectivity index (χ4n) is 2.00. The number of unbranched alkanes of at least 4 members (excludes halogenated alkanes) is 1. The lowest BCUT2D eigenvalue weighted by Gasteiger charge is -2.27. The van der Waals surface area contributed by atoms with Crippen LogP contribution in [0.2, 0.25) is 0 Å². The van der Waals surface area contributed by atoms with Gasteiger partial charge in [-0.1, -0.05) is 46.2 Å². The Labute approximate surface area is 113 Å². The van der Waals surface area contributed by atoms with Gasteiger partial charge >= 0.3 is 0 Å². The number of rotatable bonds is 5. The molecule has 102 valence electrons. The van der Waals surface area contributed by atoms with Gasteiger partial charge in [0.15, 0.2) is 0 Å². The fraction of sp³-hybridized carbons (Fsp3) is 0.647. The lowest BCUT2D eigenvalue weighted by molar-refractivity contribution is 0.0967. The van der Waals surface area contributed by atoms with Gasteiger partial charge in [0.2, 0.25) is 0 Å². The molecule has 0 radical (unpaired) electrons. The molecule has 0 aliphatic rings. The van der Waals surface area contributed by atoms with E-state index in [4.69, 9.17) is 4.74 Å². The summed E-state index contributed by atoms with van der Waals surface area (Å²) in [5.41, 5.74) is 1.48. The molecule has 0 unspecified atom stereocenters. The zero-order valence-corrected chi connectivity index (χ0v) is 12.8. The molecule has 0 bridgehead atoms. The minimum atomic E-state index is -0.0702. The Bertz CT molecular complexity index is 354. The van der Waals surface area contributed by atoms with Crippen molar-refractivity contribution in [3.63, 3.8) is 0 Å². The van der Waals surface area contributed by atoms with Crippen molar-refractivity contribution in [1.29, 1.82) is 0 Å². The van der Waals surface area contributed by atoms with Crippen molar-refractivity contribution < 1.29 is 4.74 Å². The van der Waals surface area contributed by atoms with Gasteiger partial charge < -0.3 is 4.74 Å². The molecule has 0 N–H and O–H groups in total. The van der Waals surface area contributed by atoms with E-state index in [1.54, 1.807) is 0 Å². The Kier molecular flexibility index (Phi) is 4.84. The van der Waals surface area contributed by atoms with Crippen molar-refractivity contribution in [2.45, 2.75) is 71.8 Å². The topological polar surface area (TPSA) is 9.23 Å². The monoisotopic (exact) mass is 248 g/mol. The van der Waals surface area contributed by atoms with Crippen molar-refractivity contribution in [2.24, 2.45) is 0 Å². The molecule has 0 amide bonds. The lowest BCUT2D eigenvalue weighted by atomic mass is 9.87. The summed E-state index contributed by atoms with van der Waals surface area (Å²) in [4.78, 5) is 0. The summed E-state index contributed by atoms with van der Waals surface area (Å²) in [5, 5.41) is 0. The van der Waals surface area contributed by atoms with E-state index in [1.165, 1.54) is 18.4 Å². The highest BCUT2D eigenvalue weighted by atomic mass is 16.5. The van der Waals surface area contributed by atoms with Crippen LogP contribution in [0.25, 0.3) is 0 Å². The van der Waals surface area contributed by atoms with Gasteiger partial charge in [0.05, 0.1) is 0 Å². The van der Waals surface area contributed by atoms with E-state index in [1.807, 2.05) is 0 Å². The third kappa shape index (κ3) is 4.72. The van der Waals surface area contributed by atoms with Crippen LogP contribution in [0.4, 0.5) is 0 Å². The van der Waals surface area contributed by atoms with Crippen LogP contribution in [0, 0.1) is 0 Å². The molecule has 18 heavy (non-hydrogen) atoms. The minimum absolute atomic E-state index is 0.0702. The predicted molar refractivity (Wildman–Crippen MR) is 79.4 cm³/mol. The van der Waals surface area contributed by atoms with E-state index in [0.717, 1.165) is 12.2 Å². The molecule has 0 fully saturated rings. The van der Waals surface area contributed by atoms with Crippen molar-refractivity contribution in [3.8, 4) is 5.75 Å². The van der Waals surface area contributed by atoms with Gasteiger partial charge in [0, 0.05) is 0 Å². The first kappa shape index (κ1) is 15.1. The van der Waals surface area contributed by atoms with Gasteiger partial charge in [0.25, 0.3) is 0 Å². The molecule has 1 rings (SSSR count). The number of benzene rings is 1. The largest absolute Gasteiger partial charge is 0.488 e. The van der Waals surface area contributed by atoms with Crippen LogP contribution in [-0.4, -0.2) is 5.60 Å². The third-order valence-corrected chi connectivity index (χ3v) is 3.25. The second kappa shape index (κ2) is 5.77.